The lowest BCUT2D eigenvalue weighted by atomic mass is 9.79. The number of fused-ring (bicyclic) bond motifs is 2. The van der Waals surface area contributed by atoms with Gasteiger partial charge in [-0.1, -0.05) is 18.2 Å². The van der Waals surface area contributed by atoms with E-state index < -0.39 is 7.12 Å². The Balaban J connectivity index is 1.61. The van der Waals surface area contributed by atoms with Gasteiger partial charge in [-0.15, -0.1) is 0 Å². The maximum Gasteiger partial charge on any atom is 0.491 e. The van der Waals surface area contributed by atoms with Crippen LogP contribution in [0.15, 0.2) is 36.7 Å². The van der Waals surface area contributed by atoms with Gasteiger partial charge >= 0.3 is 7.12 Å². The van der Waals surface area contributed by atoms with Crippen molar-refractivity contribution >= 4 is 23.5 Å². The van der Waals surface area contributed by atoms with E-state index in [1.165, 1.54) is 6.33 Å². The first kappa shape index (κ1) is 16.6. The first-order chi connectivity index (χ1) is 12.7. The molecule has 1 aromatic heterocycles. The molecule has 7 nitrogen and oxygen atoms in total. The Bertz CT molecular complexity index is 966. The van der Waals surface area contributed by atoms with E-state index in [4.69, 9.17) is 18.9 Å². The highest BCUT2D eigenvalue weighted by atomic mass is 16.5. The average Bonchev–Trinajstić information content (AvgIpc) is 3.05. The van der Waals surface area contributed by atoms with Gasteiger partial charge in [0.25, 0.3) is 0 Å². The van der Waals surface area contributed by atoms with Gasteiger partial charge in [0.15, 0.2) is 11.5 Å². The van der Waals surface area contributed by atoms with Crippen molar-refractivity contribution in [3.8, 4) is 17.4 Å². The lowest BCUT2D eigenvalue weighted by Gasteiger charge is -2.12. The molecule has 0 saturated carbocycles. The van der Waals surface area contributed by atoms with E-state index in [0.29, 0.717) is 36.1 Å². The van der Waals surface area contributed by atoms with Gasteiger partial charge in [0.05, 0.1) is 31.7 Å². The average molecular weight is 352 g/mol. The fraction of sp³-hybridized carbons (Fsp3) is 0.222. The number of hydrogen-bond donors (Lipinski definition) is 1. The Hall–Kier alpha value is -2.84. The van der Waals surface area contributed by atoms with E-state index >= 15 is 0 Å². The van der Waals surface area contributed by atoms with E-state index in [1.807, 2.05) is 18.2 Å². The van der Waals surface area contributed by atoms with Crippen molar-refractivity contribution in [2.75, 3.05) is 14.2 Å². The van der Waals surface area contributed by atoms with Crippen LogP contribution < -0.4 is 19.7 Å². The fourth-order valence-electron chi connectivity index (χ4n) is 3.00. The van der Waals surface area contributed by atoms with Crippen LogP contribution in [0, 0.1) is 0 Å². The van der Waals surface area contributed by atoms with Crippen LogP contribution in [0.1, 0.15) is 11.1 Å². The normalized spacial score (nSPS) is 13.0. The molecule has 8 heteroatoms. The molecule has 2 heterocycles. The van der Waals surface area contributed by atoms with Crippen molar-refractivity contribution in [3.05, 3.63) is 47.8 Å². The predicted molar refractivity (Wildman–Crippen MR) is 95.8 cm³/mol. The Morgan fingerprint density at radius 1 is 1.12 bits per heavy atom. The van der Waals surface area contributed by atoms with Crippen LogP contribution >= 0.6 is 0 Å². The van der Waals surface area contributed by atoms with Crippen molar-refractivity contribution in [2.45, 2.75) is 13.2 Å². The van der Waals surface area contributed by atoms with Crippen LogP contribution in [0.2, 0.25) is 0 Å². The monoisotopic (exact) mass is 352 g/mol. The van der Waals surface area contributed by atoms with Gasteiger partial charge in [-0.05, 0) is 22.7 Å². The predicted octanol–water partition coefficient (Wildman–Crippen LogP) is 1.44. The summed E-state index contributed by atoms with van der Waals surface area (Å²) in [5.74, 6) is 1.65. The summed E-state index contributed by atoms with van der Waals surface area (Å²) in [6.07, 6.45) is 1.45. The molecule has 1 aliphatic rings. The number of methoxy groups -OCH3 is 2. The number of nitrogens with zero attached hydrogens (tertiary/aromatic N) is 2. The van der Waals surface area contributed by atoms with Crippen LogP contribution in [0.25, 0.3) is 10.9 Å². The molecule has 26 heavy (non-hydrogen) atoms. The van der Waals surface area contributed by atoms with Crippen molar-refractivity contribution in [3.63, 3.8) is 0 Å². The van der Waals surface area contributed by atoms with Crippen LogP contribution in [-0.2, 0) is 17.9 Å². The highest BCUT2D eigenvalue weighted by Gasteiger charge is 2.27. The third-order valence-electron chi connectivity index (χ3n) is 4.35. The summed E-state index contributed by atoms with van der Waals surface area (Å²) >= 11 is 0. The van der Waals surface area contributed by atoms with Crippen LogP contribution in [0.4, 0.5) is 0 Å². The molecule has 0 saturated heterocycles. The third-order valence-corrected chi connectivity index (χ3v) is 4.35. The molecule has 1 aliphatic heterocycles. The Kier molecular flexibility index (Phi) is 4.36. The smallest absolute Gasteiger partial charge is 0.491 e. The molecular weight excluding hydrogens is 335 g/mol. The Morgan fingerprint density at radius 3 is 2.73 bits per heavy atom. The molecular formula is C18H17BN2O5. The zero-order valence-corrected chi connectivity index (χ0v) is 14.4. The molecule has 0 fully saturated rings. The van der Waals surface area contributed by atoms with Crippen LogP contribution in [0.3, 0.4) is 0 Å². The molecule has 0 bridgehead atoms. The number of benzene rings is 2. The number of hydrogen-bond acceptors (Lipinski definition) is 7. The Morgan fingerprint density at radius 2 is 1.92 bits per heavy atom. The second-order valence-corrected chi connectivity index (χ2v) is 5.89. The van der Waals surface area contributed by atoms with Gasteiger partial charge in [0.2, 0.25) is 5.88 Å². The van der Waals surface area contributed by atoms with Gasteiger partial charge in [0, 0.05) is 6.07 Å². The van der Waals surface area contributed by atoms with Crippen molar-refractivity contribution in [2.24, 2.45) is 0 Å². The number of ether oxygens (including phenoxy) is 3. The van der Waals surface area contributed by atoms with Crippen molar-refractivity contribution in [1.82, 2.24) is 9.97 Å². The lowest BCUT2D eigenvalue weighted by Crippen LogP contribution is -2.27. The molecule has 1 N–H and O–H groups in total. The topological polar surface area (TPSA) is 82.9 Å². The maximum atomic E-state index is 9.70. The molecule has 3 aromatic rings. The quantitative estimate of drug-likeness (QED) is 0.696. The van der Waals surface area contributed by atoms with Crippen LogP contribution in [-0.4, -0.2) is 36.3 Å². The molecule has 0 spiro atoms. The Labute approximate surface area is 150 Å². The zero-order chi connectivity index (χ0) is 18.1. The second-order valence-electron chi connectivity index (χ2n) is 5.89. The van der Waals surface area contributed by atoms with E-state index in [0.717, 1.165) is 22.0 Å². The first-order valence-corrected chi connectivity index (χ1v) is 8.10. The maximum absolute atomic E-state index is 9.70. The van der Waals surface area contributed by atoms with Gasteiger partial charge in [-0.25, -0.2) is 9.97 Å². The van der Waals surface area contributed by atoms with E-state index in [1.54, 1.807) is 26.4 Å². The third kappa shape index (κ3) is 2.93. The minimum absolute atomic E-state index is 0.337. The molecule has 132 valence electrons. The summed E-state index contributed by atoms with van der Waals surface area (Å²) in [5, 5.41) is 10.4. The highest BCUT2D eigenvalue weighted by Crippen LogP contribution is 2.34. The van der Waals surface area contributed by atoms with E-state index in [2.05, 4.69) is 9.97 Å². The van der Waals surface area contributed by atoms with Gasteiger partial charge < -0.3 is 23.9 Å². The van der Waals surface area contributed by atoms with E-state index in [-0.39, 0.29) is 0 Å². The first-order valence-electron chi connectivity index (χ1n) is 8.10. The largest absolute Gasteiger partial charge is 0.493 e. The van der Waals surface area contributed by atoms with Gasteiger partial charge in [-0.2, -0.15) is 0 Å². The number of rotatable bonds is 5. The van der Waals surface area contributed by atoms with Crippen molar-refractivity contribution < 1.29 is 23.9 Å². The molecule has 4 rings (SSSR count). The van der Waals surface area contributed by atoms with Crippen molar-refractivity contribution in [1.29, 1.82) is 0 Å². The van der Waals surface area contributed by atoms with E-state index in [9.17, 15) is 5.02 Å². The SMILES string of the molecule is COc1cc2ncnc(OCc3ccc4c(c3)COB4O)c2cc1OC. The molecule has 2 aromatic carbocycles. The fourth-order valence-corrected chi connectivity index (χ4v) is 3.00. The molecule has 0 aliphatic carbocycles. The summed E-state index contributed by atoms with van der Waals surface area (Å²) in [5.41, 5.74) is 3.45. The standard InChI is InChI=1S/C18H17BN2O5/c1-23-16-6-13-15(7-17(16)24-2)20-10-21-18(13)25-8-11-3-4-14-12(5-11)9-26-19(14)22/h3-7,10,22H,8-9H2,1-2H3. The number of aromatic nitrogens is 2. The second kappa shape index (κ2) is 6.82. The lowest BCUT2D eigenvalue weighted by molar-refractivity contribution is 0.274. The summed E-state index contributed by atoms with van der Waals surface area (Å²) in [6, 6.07) is 9.33. The van der Waals surface area contributed by atoms with Gasteiger partial charge in [-0.3, -0.25) is 0 Å². The zero-order valence-electron chi connectivity index (χ0n) is 14.4. The molecule has 0 radical (unpaired) electrons. The highest BCUT2D eigenvalue weighted by molar-refractivity contribution is 6.61. The van der Waals surface area contributed by atoms with Gasteiger partial charge in [0.1, 0.15) is 12.9 Å². The molecule has 0 unspecified atom stereocenters. The molecule has 0 atom stereocenters. The summed E-state index contributed by atoms with van der Waals surface area (Å²) in [4.78, 5) is 8.51. The summed E-state index contributed by atoms with van der Waals surface area (Å²) < 4.78 is 21.8. The van der Waals surface area contributed by atoms with Crippen LogP contribution in [0.5, 0.6) is 17.4 Å². The summed E-state index contributed by atoms with van der Waals surface area (Å²) in [7, 11) is 2.32. The molecule has 0 amide bonds. The summed E-state index contributed by atoms with van der Waals surface area (Å²) in [6.45, 7) is 0.738. The minimum atomic E-state index is -0.840. The minimum Gasteiger partial charge on any atom is -0.493 e.